The molecule has 0 spiro atoms. The van der Waals surface area contributed by atoms with Crippen molar-refractivity contribution in [3.63, 3.8) is 0 Å². The van der Waals surface area contributed by atoms with Crippen molar-refractivity contribution >= 4 is 22.9 Å². The smallest absolute Gasteiger partial charge is 0.416 e. The zero-order chi connectivity index (χ0) is 23.3. The predicted octanol–water partition coefficient (Wildman–Crippen LogP) is 4.34. The van der Waals surface area contributed by atoms with Crippen LogP contribution in [0.15, 0.2) is 57.7 Å². The van der Waals surface area contributed by atoms with Crippen LogP contribution in [-0.2, 0) is 29.5 Å². The van der Waals surface area contributed by atoms with Crippen LogP contribution in [0.25, 0.3) is 11.0 Å². The van der Waals surface area contributed by atoms with Gasteiger partial charge in [0.2, 0.25) is 0 Å². The third-order valence-electron chi connectivity index (χ3n) is 5.67. The molecule has 6 nitrogen and oxygen atoms in total. The number of aryl methyl sites for hydroxylation is 1. The maximum atomic E-state index is 13.2. The van der Waals surface area contributed by atoms with E-state index in [1.165, 1.54) is 25.1 Å². The second kappa shape index (κ2) is 7.51. The minimum atomic E-state index is -4.59. The number of halogens is 3. The summed E-state index contributed by atoms with van der Waals surface area (Å²) in [5.74, 6) is -0.714. The largest absolute Gasteiger partial charge is 0.423 e. The molecule has 2 heterocycles. The van der Waals surface area contributed by atoms with Gasteiger partial charge < -0.3 is 9.73 Å². The Balaban J connectivity index is 1.71. The van der Waals surface area contributed by atoms with E-state index in [-0.39, 0.29) is 12.1 Å². The first-order chi connectivity index (χ1) is 15.0. The summed E-state index contributed by atoms with van der Waals surface area (Å²) < 4.78 is 44.7. The number of nitrogens with zero attached hydrogens (tertiary/aromatic N) is 1. The zero-order valence-corrected chi connectivity index (χ0v) is 17.2. The summed E-state index contributed by atoms with van der Waals surface area (Å²) in [6, 6.07) is 10.0. The third kappa shape index (κ3) is 3.63. The second-order valence-corrected chi connectivity index (χ2v) is 7.80. The summed E-state index contributed by atoms with van der Waals surface area (Å²) in [6.07, 6.45) is -3.86. The number of benzene rings is 2. The van der Waals surface area contributed by atoms with E-state index in [9.17, 15) is 27.6 Å². The molecular formula is C23H19F3N2O4. The number of carbonyl (C=O) groups excluding carboxylic acids is 2. The molecule has 2 aromatic carbocycles. The van der Waals surface area contributed by atoms with Crippen molar-refractivity contribution in [2.45, 2.75) is 38.5 Å². The summed E-state index contributed by atoms with van der Waals surface area (Å²) in [7, 11) is 0. The van der Waals surface area contributed by atoms with Gasteiger partial charge in [0.05, 0.1) is 12.1 Å². The minimum Gasteiger partial charge on any atom is -0.423 e. The number of carbonyl (C=O) groups is 2. The standard InChI is InChI=1S/C23H19F3N2O4/c1-3-13-7-8-17-14(10-19(29)32-18(17)9-13)12-28-20(30)22(2,27-21(28)31)15-5-4-6-16(11-15)23(24,25)26/h4-11H,3,12H2,1-2H3,(H,27,31). The molecule has 1 saturated heterocycles. The number of fused-ring (bicyclic) bond motifs is 1. The van der Waals surface area contributed by atoms with Crippen molar-refractivity contribution in [2.24, 2.45) is 0 Å². The van der Waals surface area contributed by atoms with Gasteiger partial charge in [-0.3, -0.25) is 9.69 Å². The lowest BCUT2D eigenvalue weighted by Crippen LogP contribution is -2.41. The molecule has 4 rings (SSSR count). The van der Waals surface area contributed by atoms with Gasteiger partial charge in [-0.05, 0) is 48.2 Å². The Morgan fingerprint density at radius 3 is 2.50 bits per heavy atom. The first kappa shape index (κ1) is 21.6. The molecule has 32 heavy (non-hydrogen) atoms. The molecule has 0 aliphatic carbocycles. The highest BCUT2D eigenvalue weighted by Crippen LogP contribution is 2.35. The first-order valence-electron chi connectivity index (χ1n) is 9.90. The zero-order valence-electron chi connectivity index (χ0n) is 17.2. The third-order valence-corrected chi connectivity index (χ3v) is 5.67. The van der Waals surface area contributed by atoms with Gasteiger partial charge in [-0.25, -0.2) is 9.59 Å². The van der Waals surface area contributed by atoms with Crippen molar-refractivity contribution in [3.05, 3.63) is 81.2 Å². The van der Waals surface area contributed by atoms with Gasteiger partial charge in [-0.1, -0.05) is 31.2 Å². The Bertz CT molecular complexity index is 1300. The topological polar surface area (TPSA) is 79.6 Å². The van der Waals surface area contributed by atoms with Gasteiger partial charge in [0, 0.05) is 11.5 Å². The summed E-state index contributed by atoms with van der Waals surface area (Å²) in [5, 5.41) is 3.06. The molecular weight excluding hydrogens is 425 g/mol. The van der Waals surface area contributed by atoms with E-state index in [0.29, 0.717) is 16.5 Å². The Labute approximate surface area is 180 Å². The summed E-state index contributed by atoms with van der Waals surface area (Å²) in [4.78, 5) is 38.8. The molecule has 1 aliphatic heterocycles. The number of nitrogens with one attached hydrogen (secondary N) is 1. The van der Waals surface area contributed by atoms with Gasteiger partial charge in [0.1, 0.15) is 11.1 Å². The molecule has 0 radical (unpaired) electrons. The fraction of sp³-hybridized carbons (Fsp3) is 0.261. The van der Waals surface area contributed by atoms with Crippen molar-refractivity contribution in [1.82, 2.24) is 10.2 Å². The highest BCUT2D eigenvalue weighted by molar-refractivity contribution is 6.07. The van der Waals surface area contributed by atoms with Crippen molar-refractivity contribution < 1.29 is 27.2 Å². The Morgan fingerprint density at radius 2 is 1.81 bits per heavy atom. The molecule has 1 aliphatic rings. The molecule has 9 heteroatoms. The van der Waals surface area contributed by atoms with Crippen molar-refractivity contribution in [1.29, 1.82) is 0 Å². The van der Waals surface area contributed by atoms with Crippen LogP contribution in [-0.4, -0.2) is 16.8 Å². The average Bonchev–Trinajstić information content (AvgIpc) is 2.96. The van der Waals surface area contributed by atoms with Crippen molar-refractivity contribution in [2.75, 3.05) is 0 Å². The quantitative estimate of drug-likeness (QED) is 0.480. The van der Waals surface area contributed by atoms with Crippen LogP contribution in [0.2, 0.25) is 0 Å². The van der Waals surface area contributed by atoms with E-state index < -0.39 is 34.8 Å². The molecule has 3 aromatic rings. The Hall–Kier alpha value is -3.62. The number of hydrogen-bond acceptors (Lipinski definition) is 4. The molecule has 1 atom stereocenters. The normalized spacial score (nSPS) is 19.0. The number of rotatable bonds is 4. The van der Waals surface area contributed by atoms with Gasteiger partial charge in [-0.15, -0.1) is 0 Å². The number of imide groups is 1. The average molecular weight is 444 g/mol. The summed E-state index contributed by atoms with van der Waals surface area (Å²) in [5.41, 5.74) is -1.54. The number of alkyl halides is 3. The van der Waals surface area contributed by atoms with Crippen LogP contribution >= 0.6 is 0 Å². The SMILES string of the molecule is CCc1ccc2c(CN3C(=O)NC(C)(c4cccc(C(F)(F)F)c4)C3=O)cc(=O)oc2c1. The van der Waals surface area contributed by atoms with Gasteiger partial charge in [-0.2, -0.15) is 13.2 Å². The van der Waals surface area contributed by atoms with E-state index in [1.54, 1.807) is 12.1 Å². The van der Waals surface area contributed by atoms with Crippen LogP contribution in [0, 0.1) is 0 Å². The Kier molecular flexibility index (Phi) is 5.07. The van der Waals surface area contributed by atoms with E-state index in [2.05, 4.69) is 5.32 Å². The Morgan fingerprint density at radius 1 is 1.06 bits per heavy atom. The van der Waals surface area contributed by atoms with Crippen LogP contribution in [0.4, 0.5) is 18.0 Å². The molecule has 1 fully saturated rings. The predicted molar refractivity (Wildman–Crippen MR) is 110 cm³/mol. The molecule has 1 N–H and O–H groups in total. The highest BCUT2D eigenvalue weighted by atomic mass is 19.4. The van der Waals surface area contributed by atoms with Gasteiger partial charge in [0.15, 0.2) is 0 Å². The molecule has 166 valence electrons. The van der Waals surface area contributed by atoms with Crippen LogP contribution in [0.3, 0.4) is 0 Å². The lowest BCUT2D eigenvalue weighted by atomic mass is 9.90. The maximum Gasteiger partial charge on any atom is 0.416 e. The van der Waals surface area contributed by atoms with Crippen LogP contribution in [0.5, 0.6) is 0 Å². The van der Waals surface area contributed by atoms with Gasteiger partial charge in [0.25, 0.3) is 5.91 Å². The number of amides is 3. The number of hydrogen-bond donors (Lipinski definition) is 1. The lowest BCUT2D eigenvalue weighted by molar-refractivity contribution is -0.138. The maximum absolute atomic E-state index is 13.2. The summed E-state index contributed by atoms with van der Waals surface area (Å²) >= 11 is 0. The fourth-order valence-corrected chi connectivity index (χ4v) is 3.84. The lowest BCUT2D eigenvalue weighted by Gasteiger charge is -2.23. The van der Waals surface area contributed by atoms with Crippen LogP contribution in [0.1, 0.15) is 36.1 Å². The monoisotopic (exact) mass is 444 g/mol. The minimum absolute atomic E-state index is 0.0122. The molecule has 1 unspecified atom stereocenters. The molecule has 0 bridgehead atoms. The fourth-order valence-electron chi connectivity index (χ4n) is 3.84. The molecule has 1 aromatic heterocycles. The van der Waals surface area contributed by atoms with E-state index in [1.807, 2.05) is 13.0 Å². The first-order valence-corrected chi connectivity index (χ1v) is 9.90. The van der Waals surface area contributed by atoms with Crippen LogP contribution < -0.4 is 10.9 Å². The number of urea groups is 1. The molecule has 3 amide bonds. The van der Waals surface area contributed by atoms with E-state index in [0.717, 1.165) is 29.0 Å². The highest BCUT2D eigenvalue weighted by Gasteiger charge is 2.49. The summed E-state index contributed by atoms with van der Waals surface area (Å²) in [6.45, 7) is 3.07. The second-order valence-electron chi connectivity index (χ2n) is 7.80. The van der Waals surface area contributed by atoms with Gasteiger partial charge >= 0.3 is 17.8 Å². The van der Waals surface area contributed by atoms with Crippen molar-refractivity contribution in [3.8, 4) is 0 Å². The van der Waals surface area contributed by atoms with E-state index in [4.69, 9.17) is 4.42 Å². The van der Waals surface area contributed by atoms with E-state index >= 15 is 0 Å². The molecule has 0 saturated carbocycles.